The van der Waals surface area contributed by atoms with E-state index in [2.05, 4.69) is 27.4 Å². The van der Waals surface area contributed by atoms with E-state index in [0.29, 0.717) is 4.47 Å². The molecule has 0 radical (unpaired) electrons. The first-order chi connectivity index (χ1) is 8.31. The molecule has 2 aromatic heterocycles. The van der Waals surface area contributed by atoms with Gasteiger partial charge in [-0.1, -0.05) is 17.7 Å². The van der Waals surface area contributed by atoms with E-state index in [4.69, 9.17) is 11.6 Å². The zero-order chi connectivity index (χ0) is 11.7. The van der Waals surface area contributed by atoms with Crippen LogP contribution in [0.15, 0.2) is 23.7 Å². The molecule has 0 saturated heterocycles. The first-order valence-corrected chi connectivity index (χ1v) is 7.75. The normalized spacial score (nSPS) is 15.6. The number of thiophene rings is 1. The summed E-state index contributed by atoms with van der Waals surface area (Å²) < 4.78 is 0.645. The van der Waals surface area contributed by atoms with Gasteiger partial charge in [0.25, 0.3) is 0 Å². The van der Waals surface area contributed by atoms with Gasteiger partial charge in [-0.05, 0) is 24.3 Å². The number of rotatable bonds is 5. The van der Waals surface area contributed by atoms with E-state index in [0.717, 1.165) is 19.1 Å². The number of aromatic nitrogens is 1. The monoisotopic (exact) mass is 284 g/mol. The summed E-state index contributed by atoms with van der Waals surface area (Å²) in [6, 6.07) is 5.09. The van der Waals surface area contributed by atoms with Crippen molar-refractivity contribution in [3.8, 4) is 0 Å². The maximum atomic E-state index is 5.87. The van der Waals surface area contributed by atoms with Crippen LogP contribution in [0.2, 0.25) is 4.47 Å². The summed E-state index contributed by atoms with van der Waals surface area (Å²) >= 11 is 9.29. The topological polar surface area (TPSA) is 16.1 Å². The Bertz CT molecular complexity index is 476. The Morgan fingerprint density at radius 2 is 2.18 bits per heavy atom. The van der Waals surface area contributed by atoms with Crippen molar-refractivity contribution in [2.45, 2.75) is 32.0 Å². The molecule has 1 aliphatic carbocycles. The molecule has 2 nitrogen and oxygen atoms in total. The van der Waals surface area contributed by atoms with Crippen molar-refractivity contribution in [1.82, 2.24) is 9.88 Å². The number of hydrogen-bond acceptors (Lipinski definition) is 4. The zero-order valence-corrected chi connectivity index (χ0v) is 11.7. The lowest BCUT2D eigenvalue weighted by Gasteiger charge is -2.20. The maximum Gasteiger partial charge on any atom is 0.183 e. The van der Waals surface area contributed by atoms with Gasteiger partial charge < -0.3 is 0 Å². The first-order valence-electron chi connectivity index (χ1n) is 5.68. The molecule has 0 bridgehead atoms. The molecule has 0 amide bonds. The highest BCUT2D eigenvalue weighted by Gasteiger charge is 2.29. The van der Waals surface area contributed by atoms with Crippen LogP contribution in [-0.2, 0) is 13.1 Å². The molecule has 5 heteroatoms. The van der Waals surface area contributed by atoms with Crippen molar-refractivity contribution in [1.29, 1.82) is 0 Å². The van der Waals surface area contributed by atoms with Crippen molar-refractivity contribution < 1.29 is 0 Å². The molecule has 0 aliphatic heterocycles. The second-order valence-electron chi connectivity index (χ2n) is 4.30. The van der Waals surface area contributed by atoms with Crippen molar-refractivity contribution >= 4 is 34.3 Å². The average molecular weight is 285 g/mol. The van der Waals surface area contributed by atoms with Crippen LogP contribution in [-0.4, -0.2) is 15.9 Å². The molecule has 1 saturated carbocycles. The third-order valence-corrected chi connectivity index (χ3v) is 4.85. The third kappa shape index (κ3) is 3.07. The van der Waals surface area contributed by atoms with Crippen molar-refractivity contribution in [2.75, 3.05) is 0 Å². The van der Waals surface area contributed by atoms with Gasteiger partial charge in [0.05, 0.1) is 0 Å². The molecule has 0 spiro atoms. The lowest BCUT2D eigenvalue weighted by molar-refractivity contribution is 0.250. The van der Waals surface area contributed by atoms with E-state index in [1.807, 2.05) is 17.5 Å². The Balaban J connectivity index is 1.68. The molecule has 90 valence electrons. The minimum Gasteiger partial charge on any atom is -0.290 e. The second-order valence-corrected chi connectivity index (χ2v) is 7.02. The van der Waals surface area contributed by atoms with Gasteiger partial charge >= 0.3 is 0 Å². The average Bonchev–Trinajstić information content (AvgIpc) is 2.89. The van der Waals surface area contributed by atoms with Crippen LogP contribution in [0.4, 0.5) is 0 Å². The summed E-state index contributed by atoms with van der Waals surface area (Å²) in [4.78, 5) is 9.34. The summed E-state index contributed by atoms with van der Waals surface area (Å²) in [7, 11) is 0. The van der Waals surface area contributed by atoms with Gasteiger partial charge in [-0.15, -0.1) is 22.7 Å². The number of nitrogens with zero attached hydrogens (tertiary/aromatic N) is 2. The van der Waals surface area contributed by atoms with Crippen LogP contribution >= 0.6 is 34.3 Å². The van der Waals surface area contributed by atoms with Gasteiger partial charge in [0.15, 0.2) is 4.47 Å². The van der Waals surface area contributed by atoms with Crippen LogP contribution in [0, 0.1) is 0 Å². The maximum absolute atomic E-state index is 5.87. The van der Waals surface area contributed by atoms with Gasteiger partial charge in [-0.2, -0.15) is 0 Å². The van der Waals surface area contributed by atoms with Crippen LogP contribution in [0.1, 0.15) is 22.6 Å². The molecule has 0 unspecified atom stereocenters. The zero-order valence-electron chi connectivity index (χ0n) is 9.30. The smallest absolute Gasteiger partial charge is 0.183 e. The van der Waals surface area contributed by atoms with Gasteiger partial charge in [-0.25, -0.2) is 4.98 Å². The fraction of sp³-hybridized carbons (Fsp3) is 0.417. The molecule has 0 aromatic carbocycles. The Hall–Kier alpha value is -0.420. The summed E-state index contributed by atoms with van der Waals surface area (Å²) in [6.45, 7) is 2.03. The van der Waals surface area contributed by atoms with Crippen molar-refractivity contribution in [3.05, 3.63) is 37.9 Å². The van der Waals surface area contributed by atoms with Crippen LogP contribution in [0.25, 0.3) is 0 Å². The van der Waals surface area contributed by atoms with E-state index < -0.39 is 0 Å². The molecule has 17 heavy (non-hydrogen) atoms. The standard InChI is InChI=1S/C12H13ClN2S2/c13-12-14-6-11(17-12)8-15(9-3-4-9)7-10-2-1-5-16-10/h1-2,5-6,9H,3-4,7-8H2. The molecule has 1 fully saturated rings. The van der Waals surface area contributed by atoms with Crippen LogP contribution in [0.3, 0.4) is 0 Å². The molecule has 2 heterocycles. The van der Waals surface area contributed by atoms with E-state index in [9.17, 15) is 0 Å². The Morgan fingerprint density at radius 3 is 2.76 bits per heavy atom. The van der Waals surface area contributed by atoms with Crippen molar-refractivity contribution in [3.63, 3.8) is 0 Å². The van der Waals surface area contributed by atoms with E-state index >= 15 is 0 Å². The molecule has 0 atom stereocenters. The lowest BCUT2D eigenvalue weighted by atomic mass is 10.3. The molecule has 0 N–H and O–H groups in total. The molecule has 3 rings (SSSR count). The predicted molar refractivity (Wildman–Crippen MR) is 73.7 cm³/mol. The highest BCUT2D eigenvalue weighted by Crippen LogP contribution is 2.31. The number of halogens is 1. The summed E-state index contributed by atoms with van der Waals surface area (Å²) in [5.41, 5.74) is 0. The molecule has 1 aliphatic rings. The lowest BCUT2D eigenvalue weighted by Crippen LogP contribution is -2.24. The fourth-order valence-corrected chi connectivity index (χ4v) is 3.65. The van der Waals surface area contributed by atoms with Crippen molar-refractivity contribution in [2.24, 2.45) is 0 Å². The molecular weight excluding hydrogens is 272 g/mol. The van der Waals surface area contributed by atoms with Crippen LogP contribution < -0.4 is 0 Å². The van der Waals surface area contributed by atoms with Gasteiger partial charge in [0.2, 0.25) is 0 Å². The summed E-state index contributed by atoms with van der Waals surface area (Å²) in [5.74, 6) is 0. The Kier molecular flexibility index (Phi) is 3.47. The Labute approximate surface area is 114 Å². The SMILES string of the molecule is Clc1ncc(CN(Cc2cccs2)C2CC2)s1. The fourth-order valence-electron chi connectivity index (χ4n) is 1.91. The van der Waals surface area contributed by atoms with E-state index in [1.54, 1.807) is 11.3 Å². The largest absolute Gasteiger partial charge is 0.290 e. The highest BCUT2D eigenvalue weighted by atomic mass is 35.5. The van der Waals surface area contributed by atoms with Gasteiger partial charge in [0, 0.05) is 35.1 Å². The molecular formula is C12H13ClN2S2. The van der Waals surface area contributed by atoms with Crippen LogP contribution in [0.5, 0.6) is 0 Å². The number of thiazole rings is 1. The van der Waals surface area contributed by atoms with E-state index in [1.165, 1.54) is 22.6 Å². The summed E-state index contributed by atoms with van der Waals surface area (Å²) in [6.07, 6.45) is 4.56. The highest BCUT2D eigenvalue weighted by molar-refractivity contribution is 7.15. The third-order valence-electron chi connectivity index (χ3n) is 2.89. The first kappa shape index (κ1) is 11.7. The predicted octanol–water partition coefficient (Wildman–Crippen LogP) is 4.02. The Morgan fingerprint density at radius 1 is 1.35 bits per heavy atom. The quantitative estimate of drug-likeness (QED) is 0.824. The number of hydrogen-bond donors (Lipinski definition) is 0. The van der Waals surface area contributed by atoms with Gasteiger partial charge in [0.1, 0.15) is 0 Å². The van der Waals surface area contributed by atoms with E-state index in [-0.39, 0.29) is 0 Å². The van der Waals surface area contributed by atoms with Gasteiger partial charge in [-0.3, -0.25) is 4.90 Å². The minimum atomic E-state index is 0.645. The minimum absolute atomic E-state index is 0.645. The second kappa shape index (κ2) is 5.06. The molecule has 2 aromatic rings. The summed E-state index contributed by atoms with van der Waals surface area (Å²) in [5, 5.41) is 2.14.